The average Bonchev–Trinajstić information content (AvgIpc) is 2.85. The van der Waals surface area contributed by atoms with Gasteiger partial charge in [-0.2, -0.15) is 0 Å². The van der Waals surface area contributed by atoms with Crippen LogP contribution in [0, 0.1) is 6.92 Å². The number of nitrogens with two attached hydrogens (primary N) is 1. The van der Waals surface area contributed by atoms with Crippen molar-refractivity contribution in [2.75, 3.05) is 12.0 Å². The van der Waals surface area contributed by atoms with Gasteiger partial charge in [0.1, 0.15) is 5.75 Å². The zero-order valence-corrected chi connectivity index (χ0v) is 12.8. The molecule has 5 heteroatoms. The minimum atomic E-state index is 0.721. The Bertz CT molecular complexity index is 554. The summed E-state index contributed by atoms with van der Waals surface area (Å²) in [5.74, 6) is 6.34. The molecule has 0 bridgehead atoms. The number of hydrazine groups is 1. The highest BCUT2D eigenvalue weighted by Crippen LogP contribution is 2.37. The molecule has 0 saturated heterocycles. The van der Waals surface area contributed by atoms with Gasteiger partial charge in [0.05, 0.1) is 17.2 Å². The summed E-state index contributed by atoms with van der Waals surface area (Å²) < 4.78 is 5.92. The van der Waals surface area contributed by atoms with E-state index in [2.05, 4.69) is 23.4 Å². The number of aryl methyl sites for hydroxylation is 1. The summed E-state index contributed by atoms with van der Waals surface area (Å²) in [6, 6.07) is 8.09. The highest BCUT2D eigenvalue weighted by atomic mass is 32.1. The van der Waals surface area contributed by atoms with Gasteiger partial charge in [-0.25, -0.2) is 10.8 Å². The lowest BCUT2D eigenvalue weighted by molar-refractivity contribution is 0.307. The maximum Gasteiger partial charge on any atom is 0.197 e. The summed E-state index contributed by atoms with van der Waals surface area (Å²) in [6.07, 6.45) is 3.48. The summed E-state index contributed by atoms with van der Waals surface area (Å²) in [4.78, 5) is 5.48. The number of nitrogen functional groups attached to an aromatic ring is 1. The monoisotopic (exact) mass is 291 g/mol. The van der Waals surface area contributed by atoms with Crippen LogP contribution in [0.5, 0.6) is 5.75 Å². The number of rotatable bonds is 7. The lowest BCUT2D eigenvalue weighted by Gasteiger charge is -2.10. The Balaban J connectivity index is 2.20. The van der Waals surface area contributed by atoms with Gasteiger partial charge >= 0.3 is 0 Å². The number of unbranched alkanes of at least 4 members (excludes halogenated alkanes) is 2. The first-order valence-electron chi connectivity index (χ1n) is 6.92. The van der Waals surface area contributed by atoms with Gasteiger partial charge in [-0.1, -0.05) is 43.2 Å². The Morgan fingerprint density at radius 1 is 1.30 bits per heavy atom. The normalized spacial score (nSPS) is 10.6. The van der Waals surface area contributed by atoms with E-state index in [4.69, 9.17) is 10.6 Å². The standard InChI is InChI=1S/C15H21N3OS/c1-3-4-7-10-19-13-9-6-5-8-12(13)14-11(2)17-15(18-16)20-14/h5-6,8-9H,3-4,7,10,16H2,1-2H3,(H,17,18). The number of hydrogen-bond acceptors (Lipinski definition) is 5. The third-order valence-corrected chi connectivity index (χ3v) is 4.18. The SMILES string of the molecule is CCCCCOc1ccccc1-c1sc(NN)nc1C. The molecule has 1 heterocycles. The Morgan fingerprint density at radius 2 is 2.10 bits per heavy atom. The van der Waals surface area contributed by atoms with E-state index in [-0.39, 0.29) is 0 Å². The van der Waals surface area contributed by atoms with E-state index >= 15 is 0 Å². The largest absolute Gasteiger partial charge is 0.493 e. The van der Waals surface area contributed by atoms with E-state index in [1.54, 1.807) is 11.3 Å². The highest BCUT2D eigenvalue weighted by molar-refractivity contribution is 7.19. The first-order chi connectivity index (χ1) is 9.76. The number of nitrogens with one attached hydrogen (secondary N) is 1. The van der Waals surface area contributed by atoms with Crippen LogP contribution in [-0.4, -0.2) is 11.6 Å². The molecule has 0 spiro atoms. The number of para-hydroxylation sites is 1. The van der Waals surface area contributed by atoms with Crippen molar-refractivity contribution < 1.29 is 4.74 Å². The van der Waals surface area contributed by atoms with Crippen LogP contribution in [0.1, 0.15) is 31.9 Å². The van der Waals surface area contributed by atoms with Crippen molar-refractivity contribution in [3.63, 3.8) is 0 Å². The number of hydrogen-bond donors (Lipinski definition) is 2. The Hall–Kier alpha value is -1.59. The smallest absolute Gasteiger partial charge is 0.197 e. The van der Waals surface area contributed by atoms with Crippen LogP contribution in [0.4, 0.5) is 5.13 Å². The second-order valence-electron chi connectivity index (χ2n) is 4.63. The van der Waals surface area contributed by atoms with Crippen LogP contribution in [0.25, 0.3) is 10.4 Å². The topological polar surface area (TPSA) is 60.2 Å². The quantitative estimate of drug-likeness (QED) is 0.460. The summed E-state index contributed by atoms with van der Waals surface area (Å²) >= 11 is 1.54. The second kappa shape index (κ2) is 7.26. The number of benzene rings is 1. The molecule has 1 aromatic heterocycles. The molecule has 0 radical (unpaired) electrons. The molecule has 0 fully saturated rings. The molecule has 3 N–H and O–H groups in total. The highest BCUT2D eigenvalue weighted by Gasteiger charge is 2.13. The summed E-state index contributed by atoms with van der Waals surface area (Å²) in [7, 11) is 0. The van der Waals surface area contributed by atoms with Crippen LogP contribution in [-0.2, 0) is 0 Å². The van der Waals surface area contributed by atoms with E-state index in [0.29, 0.717) is 0 Å². The molecular formula is C15H21N3OS. The van der Waals surface area contributed by atoms with Crippen molar-refractivity contribution >= 4 is 16.5 Å². The molecule has 2 aromatic rings. The third kappa shape index (κ3) is 3.49. The minimum Gasteiger partial charge on any atom is -0.493 e. The van der Waals surface area contributed by atoms with E-state index in [9.17, 15) is 0 Å². The van der Waals surface area contributed by atoms with Crippen LogP contribution in [0.3, 0.4) is 0 Å². The molecule has 0 unspecified atom stereocenters. The van der Waals surface area contributed by atoms with Crippen LogP contribution < -0.4 is 16.0 Å². The summed E-state index contributed by atoms with van der Waals surface area (Å²) in [6.45, 7) is 4.93. The Labute approximate surface area is 124 Å². The fraction of sp³-hybridized carbons (Fsp3) is 0.400. The van der Waals surface area contributed by atoms with Gasteiger partial charge in [0, 0.05) is 5.56 Å². The van der Waals surface area contributed by atoms with E-state index in [1.807, 2.05) is 25.1 Å². The van der Waals surface area contributed by atoms with Crippen LogP contribution in [0.2, 0.25) is 0 Å². The molecule has 0 saturated carbocycles. The third-order valence-electron chi connectivity index (χ3n) is 3.06. The van der Waals surface area contributed by atoms with Crippen molar-refractivity contribution in [3.8, 4) is 16.2 Å². The Kier molecular flexibility index (Phi) is 5.38. The summed E-state index contributed by atoms with van der Waals surface area (Å²) in [5.41, 5.74) is 4.65. The fourth-order valence-electron chi connectivity index (χ4n) is 2.02. The van der Waals surface area contributed by atoms with Gasteiger partial charge in [-0.3, -0.25) is 5.43 Å². The van der Waals surface area contributed by atoms with Gasteiger partial charge in [-0.15, -0.1) is 0 Å². The van der Waals surface area contributed by atoms with E-state index < -0.39 is 0 Å². The summed E-state index contributed by atoms with van der Waals surface area (Å²) in [5, 5.41) is 0.721. The average molecular weight is 291 g/mol. The van der Waals surface area contributed by atoms with Gasteiger partial charge in [0.2, 0.25) is 0 Å². The molecule has 4 nitrogen and oxygen atoms in total. The number of nitrogens with zero attached hydrogens (tertiary/aromatic N) is 1. The molecule has 108 valence electrons. The molecular weight excluding hydrogens is 270 g/mol. The molecule has 0 amide bonds. The molecule has 0 aliphatic rings. The van der Waals surface area contributed by atoms with Crippen LogP contribution >= 0.6 is 11.3 Å². The zero-order chi connectivity index (χ0) is 14.4. The van der Waals surface area contributed by atoms with Crippen LogP contribution in [0.15, 0.2) is 24.3 Å². The van der Waals surface area contributed by atoms with Gasteiger partial charge in [0.15, 0.2) is 5.13 Å². The first-order valence-corrected chi connectivity index (χ1v) is 7.74. The maximum absolute atomic E-state index is 5.92. The predicted octanol–water partition coefficient (Wildman–Crippen LogP) is 3.97. The van der Waals surface area contributed by atoms with Crippen molar-refractivity contribution in [2.45, 2.75) is 33.1 Å². The van der Waals surface area contributed by atoms with Gasteiger partial charge in [-0.05, 0) is 25.5 Å². The maximum atomic E-state index is 5.92. The number of anilines is 1. The molecule has 0 aliphatic heterocycles. The second-order valence-corrected chi connectivity index (χ2v) is 5.63. The number of ether oxygens (including phenoxy) is 1. The Morgan fingerprint density at radius 3 is 2.80 bits per heavy atom. The van der Waals surface area contributed by atoms with Gasteiger partial charge < -0.3 is 4.74 Å². The lowest BCUT2D eigenvalue weighted by atomic mass is 10.1. The lowest BCUT2D eigenvalue weighted by Crippen LogP contribution is -2.05. The van der Waals surface area contributed by atoms with Crippen molar-refractivity contribution in [1.82, 2.24) is 4.98 Å². The zero-order valence-electron chi connectivity index (χ0n) is 12.0. The molecule has 20 heavy (non-hydrogen) atoms. The van der Waals surface area contributed by atoms with E-state index in [1.165, 1.54) is 12.8 Å². The van der Waals surface area contributed by atoms with E-state index in [0.717, 1.165) is 40.0 Å². The predicted molar refractivity (Wildman–Crippen MR) is 85.1 cm³/mol. The van der Waals surface area contributed by atoms with Crippen molar-refractivity contribution in [2.24, 2.45) is 5.84 Å². The molecule has 0 aliphatic carbocycles. The fourth-order valence-corrected chi connectivity index (χ4v) is 2.93. The van der Waals surface area contributed by atoms with Crippen molar-refractivity contribution in [1.29, 1.82) is 0 Å². The molecule has 0 atom stereocenters. The first kappa shape index (κ1) is 14.8. The minimum absolute atomic E-state index is 0.721. The number of aromatic nitrogens is 1. The molecule has 1 aromatic carbocycles. The number of thiazole rings is 1. The van der Waals surface area contributed by atoms with Crippen molar-refractivity contribution in [3.05, 3.63) is 30.0 Å². The van der Waals surface area contributed by atoms with Gasteiger partial charge in [0.25, 0.3) is 0 Å². The molecule has 2 rings (SSSR count).